The molecule has 21 heavy (non-hydrogen) atoms. The molecule has 0 saturated heterocycles. The lowest BCUT2D eigenvalue weighted by Crippen LogP contribution is -2.17. The van der Waals surface area contributed by atoms with Crippen molar-refractivity contribution in [2.45, 2.75) is 39.7 Å². The molecule has 0 spiro atoms. The summed E-state index contributed by atoms with van der Waals surface area (Å²) in [5.41, 5.74) is 4.61. The number of aromatic nitrogens is 2. The molecule has 1 atom stereocenters. The maximum Gasteiger partial charge on any atom is 0.0702 e. The van der Waals surface area contributed by atoms with Crippen LogP contribution in [-0.4, -0.2) is 16.3 Å². The van der Waals surface area contributed by atoms with Gasteiger partial charge in [0.2, 0.25) is 0 Å². The Morgan fingerprint density at radius 2 is 2.10 bits per heavy atom. The predicted molar refractivity (Wildman–Crippen MR) is 89.7 cm³/mol. The van der Waals surface area contributed by atoms with E-state index in [1.165, 1.54) is 5.56 Å². The fraction of sp³-hybridized carbons (Fsp3) is 0.471. The minimum absolute atomic E-state index is 0.264. The zero-order valence-corrected chi connectivity index (χ0v) is 14.0. The highest BCUT2D eigenvalue weighted by molar-refractivity contribution is 6.31. The number of hydrogen-bond donors (Lipinski definition) is 1. The Labute approximate surface area is 132 Å². The van der Waals surface area contributed by atoms with E-state index >= 15 is 0 Å². The third kappa shape index (κ3) is 3.66. The van der Waals surface area contributed by atoms with E-state index in [-0.39, 0.29) is 6.04 Å². The summed E-state index contributed by atoms with van der Waals surface area (Å²) in [5, 5.41) is 8.76. The number of nitrogens with one attached hydrogen (secondary N) is 1. The van der Waals surface area contributed by atoms with Crippen molar-refractivity contribution >= 4 is 11.6 Å². The highest BCUT2D eigenvalue weighted by Gasteiger charge is 2.13. The zero-order valence-electron chi connectivity index (χ0n) is 13.3. The topological polar surface area (TPSA) is 29.9 Å². The van der Waals surface area contributed by atoms with Gasteiger partial charge in [0.25, 0.3) is 0 Å². The van der Waals surface area contributed by atoms with E-state index in [1.54, 1.807) is 0 Å². The summed E-state index contributed by atoms with van der Waals surface area (Å²) < 4.78 is 1.88. The quantitative estimate of drug-likeness (QED) is 0.859. The van der Waals surface area contributed by atoms with Gasteiger partial charge >= 0.3 is 0 Å². The highest BCUT2D eigenvalue weighted by atomic mass is 35.5. The molecule has 3 nitrogen and oxygen atoms in total. The molecule has 0 aliphatic rings. The molecule has 2 rings (SSSR count). The molecule has 0 bridgehead atoms. The first-order valence-corrected chi connectivity index (χ1v) is 8.00. The minimum atomic E-state index is 0.264. The summed E-state index contributed by atoms with van der Waals surface area (Å²) >= 11 is 6.48. The summed E-state index contributed by atoms with van der Waals surface area (Å²) in [5.74, 6) is 0. The van der Waals surface area contributed by atoms with Crippen molar-refractivity contribution in [1.82, 2.24) is 15.1 Å². The van der Waals surface area contributed by atoms with Gasteiger partial charge in [-0.15, -0.1) is 0 Å². The molecule has 4 heteroatoms. The lowest BCUT2D eigenvalue weighted by atomic mass is 10.0. The van der Waals surface area contributed by atoms with Crippen molar-refractivity contribution in [2.24, 2.45) is 7.05 Å². The summed E-state index contributed by atoms with van der Waals surface area (Å²) in [7, 11) is 1.96. The van der Waals surface area contributed by atoms with Gasteiger partial charge in [-0.05, 0) is 37.1 Å². The molecule has 1 N–H and O–H groups in total. The lowest BCUT2D eigenvalue weighted by molar-refractivity contribution is 0.598. The Balaban J connectivity index is 2.36. The van der Waals surface area contributed by atoms with Crippen LogP contribution in [0.25, 0.3) is 11.1 Å². The molecule has 0 amide bonds. The first kappa shape index (κ1) is 16.1. The standard InChI is InChI=1S/C17H24ClN3/c1-5-7-17-15(11-21(4)20-17)13-8-9-14(16(18)10-13)12(3)19-6-2/h8-12,19H,5-7H2,1-4H3. The smallest absolute Gasteiger partial charge is 0.0702 e. The molecule has 0 aliphatic heterocycles. The van der Waals surface area contributed by atoms with Gasteiger partial charge in [-0.2, -0.15) is 5.10 Å². The number of benzene rings is 1. The van der Waals surface area contributed by atoms with Crippen molar-refractivity contribution in [3.8, 4) is 11.1 Å². The fourth-order valence-corrected chi connectivity index (χ4v) is 3.00. The van der Waals surface area contributed by atoms with Crippen LogP contribution >= 0.6 is 11.6 Å². The number of hydrogen-bond acceptors (Lipinski definition) is 2. The Bertz CT molecular complexity index is 604. The molecule has 114 valence electrons. The van der Waals surface area contributed by atoms with Crippen LogP contribution in [0.4, 0.5) is 0 Å². The minimum Gasteiger partial charge on any atom is -0.310 e. The Morgan fingerprint density at radius 3 is 2.71 bits per heavy atom. The van der Waals surface area contributed by atoms with Crippen LogP contribution in [0, 0.1) is 0 Å². The van der Waals surface area contributed by atoms with Crippen LogP contribution in [0.15, 0.2) is 24.4 Å². The van der Waals surface area contributed by atoms with Crippen LogP contribution in [0.1, 0.15) is 44.5 Å². The van der Waals surface area contributed by atoms with Crippen LogP contribution in [0.5, 0.6) is 0 Å². The molecular weight excluding hydrogens is 282 g/mol. The average Bonchev–Trinajstić information content (AvgIpc) is 2.80. The Hall–Kier alpha value is -1.32. The molecular formula is C17H24ClN3. The van der Waals surface area contributed by atoms with Crippen molar-refractivity contribution in [3.05, 3.63) is 40.7 Å². The van der Waals surface area contributed by atoms with E-state index in [0.717, 1.165) is 41.2 Å². The van der Waals surface area contributed by atoms with Crippen molar-refractivity contribution in [3.63, 3.8) is 0 Å². The molecule has 1 unspecified atom stereocenters. The normalized spacial score (nSPS) is 12.6. The van der Waals surface area contributed by atoms with Crippen LogP contribution in [0.2, 0.25) is 5.02 Å². The highest BCUT2D eigenvalue weighted by Crippen LogP contribution is 2.30. The van der Waals surface area contributed by atoms with E-state index in [4.69, 9.17) is 11.6 Å². The second-order valence-electron chi connectivity index (χ2n) is 5.43. The van der Waals surface area contributed by atoms with E-state index in [9.17, 15) is 0 Å². The summed E-state index contributed by atoms with van der Waals surface area (Å²) in [6, 6.07) is 6.58. The summed E-state index contributed by atoms with van der Waals surface area (Å²) in [6.45, 7) is 7.34. The third-order valence-corrected chi connectivity index (χ3v) is 4.01. The number of halogens is 1. The third-order valence-electron chi connectivity index (χ3n) is 3.68. The molecule has 0 saturated carbocycles. The first-order chi connectivity index (χ1) is 10.1. The Kier molecular flexibility index (Phi) is 5.43. The maximum absolute atomic E-state index is 6.48. The molecule has 0 radical (unpaired) electrons. The van der Waals surface area contributed by atoms with Gasteiger partial charge in [0.05, 0.1) is 5.69 Å². The number of nitrogens with zero attached hydrogens (tertiary/aromatic N) is 2. The number of aryl methyl sites for hydroxylation is 2. The van der Waals surface area contributed by atoms with Gasteiger partial charge in [-0.3, -0.25) is 4.68 Å². The zero-order chi connectivity index (χ0) is 15.4. The second kappa shape index (κ2) is 7.10. The van der Waals surface area contributed by atoms with Gasteiger partial charge in [0.1, 0.15) is 0 Å². The van der Waals surface area contributed by atoms with Crippen LogP contribution in [-0.2, 0) is 13.5 Å². The fourth-order valence-electron chi connectivity index (χ4n) is 2.66. The van der Waals surface area contributed by atoms with Gasteiger partial charge in [0, 0.05) is 29.9 Å². The van der Waals surface area contributed by atoms with E-state index in [2.05, 4.69) is 55.6 Å². The average molecular weight is 306 g/mol. The van der Waals surface area contributed by atoms with Crippen molar-refractivity contribution in [1.29, 1.82) is 0 Å². The van der Waals surface area contributed by atoms with E-state index < -0.39 is 0 Å². The van der Waals surface area contributed by atoms with Gasteiger partial charge in [0.15, 0.2) is 0 Å². The SMILES string of the molecule is CCCc1nn(C)cc1-c1ccc(C(C)NCC)c(Cl)c1. The van der Waals surface area contributed by atoms with Gasteiger partial charge < -0.3 is 5.32 Å². The Morgan fingerprint density at radius 1 is 1.33 bits per heavy atom. The van der Waals surface area contributed by atoms with Gasteiger partial charge in [-0.1, -0.05) is 44.0 Å². The molecule has 2 aromatic rings. The molecule has 1 aromatic carbocycles. The van der Waals surface area contributed by atoms with E-state index in [1.807, 2.05) is 11.7 Å². The lowest BCUT2D eigenvalue weighted by Gasteiger charge is -2.15. The van der Waals surface area contributed by atoms with E-state index in [0.29, 0.717) is 0 Å². The summed E-state index contributed by atoms with van der Waals surface area (Å²) in [4.78, 5) is 0. The van der Waals surface area contributed by atoms with Gasteiger partial charge in [-0.25, -0.2) is 0 Å². The van der Waals surface area contributed by atoms with Crippen LogP contribution < -0.4 is 5.32 Å². The van der Waals surface area contributed by atoms with Crippen molar-refractivity contribution in [2.75, 3.05) is 6.54 Å². The summed E-state index contributed by atoms with van der Waals surface area (Å²) in [6.07, 6.45) is 4.15. The monoisotopic (exact) mass is 305 g/mol. The predicted octanol–water partition coefficient (Wildman–Crippen LogP) is 4.36. The second-order valence-corrected chi connectivity index (χ2v) is 5.84. The largest absolute Gasteiger partial charge is 0.310 e. The van der Waals surface area contributed by atoms with Crippen LogP contribution in [0.3, 0.4) is 0 Å². The molecule has 1 aromatic heterocycles. The maximum atomic E-state index is 6.48. The molecule has 0 fully saturated rings. The van der Waals surface area contributed by atoms with Crippen molar-refractivity contribution < 1.29 is 0 Å². The molecule has 0 aliphatic carbocycles. The first-order valence-electron chi connectivity index (χ1n) is 7.62. The number of rotatable bonds is 6. The molecule has 1 heterocycles.